The molecule has 1 aliphatic rings. The second-order valence-electron chi connectivity index (χ2n) is 12.4. The molecule has 0 unspecified atom stereocenters. The fraction of sp³-hybridized carbons (Fsp3) is 0.441. The van der Waals surface area contributed by atoms with Gasteiger partial charge in [0.15, 0.2) is 12.7 Å². The van der Waals surface area contributed by atoms with E-state index in [1.807, 2.05) is 76.2 Å². The highest BCUT2D eigenvalue weighted by Crippen LogP contribution is 2.26. The maximum absolute atomic E-state index is 13.7. The number of thiocarbonyl (C=S) groups is 1. The van der Waals surface area contributed by atoms with Crippen molar-refractivity contribution in [2.24, 2.45) is 0 Å². The van der Waals surface area contributed by atoms with E-state index in [-0.39, 0.29) is 36.4 Å². The van der Waals surface area contributed by atoms with Gasteiger partial charge in [0, 0.05) is 40.9 Å². The topological polar surface area (TPSA) is 133 Å². The lowest BCUT2D eigenvalue weighted by Crippen LogP contribution is -2.57. The van der Waals surface area contributed by atoms with Crippen molar-refractivity contribution >= 4 is 57.5 Å². The van der Waals surface area contributed by atoms with Crippen LogP contribution in [0.4, 0.5) is 0 Å². The van der Waals surface area contributed by atoms with Crippen molar-refractivity contribution < 1.29 is 24.2 Å². The van der Waals surface area contributed by atoms with Crippen LogP contribution in [0.3, 0.4) is 0 Å². The Morgan fingerprint density at radius 1 is 1.09 bits per heavy atom. The minimum absolute atomic E-state index is 0.143. The number of hydrogen-bond acceptors (Lipinski definition) is 8. The van der Waals surface area contributed by atoms with E-state index < -0.39 is 24.1 Å². The van der Waals surface area contributed by atoms with E-state index in [0.717, 1.165) is 16.3 Å². The van der Waals surface area contributed by atoms with Gasteiger partial charge in [0.25, 0.3) is 11.8 Å². The fourth-order valence-electron chi connectivity index (χ4n) is 5.26. The standard InChI is InChI=1S/C34H43N5O5S2/c1-5-26(36-30(41)19-44-28-13-9-12-23-18-35-15-14-25(23)28)32(45)37-27(16-22-10-7-6-8-11-22)31(42)33(43)39-21-46-20-24(39)17-29(40)38-34(2,3)4/h6-15,18,24,26-27,31,42H,5,16-17,19-21H2,1-4H3,(H,36,41)(H,37,45)(H,38,40)/t24-,26-,27+,31+/m1/s1. The molecule has 1 aromatic heterocycles. The molecule has 1 aliphatic heterocycles. The third kappa shape index (κ3) is 9.88. The summed E-state index contributed by atoms with van der Waals surface area (Å²) >= 11 is 7.28. The number of fused-ring (bicyclic) bond motifs is 1. The molecule has 3 amide bonds. The number of thioether (sulfide) groups is 1. The summed E-state index contributed by atoms with van der Waals surface area (Å²) in [6.45, 7) is 7.40. The van der Waals surface area contributed by atoms with Gasteiger partial charge in [-0.15, -0.1) is 11.8 Å². The summed E-state index contributed by atoms with van der Waals surface area (Å²) in [5, 5.41) is 22.3. The first-order valence-corrected chi connectivity index (χ1v) is 17.0. The Labute approximate surface area is 280 Å². The van der Waals surface area contributed by atoms with Gasteiger partial charge in [-0.1, -0.05) is 61.6 Å². The zero-order valence-electron chi connectivity index (χ0n) is 26.7. The molecule has 12 heteroatoms. The van der Waals surface area contributed by atoms with Gasteiger partial charge in [0.05, 0.1) is 29.0 Å². The number of hydrogen-bond donors (Lipinski definition) is 4. The molecule has 4 rings (SSSR count). The number of ether oxygens (including phenoxy) is 1. The molecule has 246 valence electrons. The molecule has 2 aromatic carbocycles. The Morgan fingerprint density at radius 2 is 1.85 bits per heavy atom. The highest BCUT2D eigenvalue weighted by molar-refractivity contribution is 7.99. The lowest BCUT2D eigenvalue weighted by atomic mass is 9.99. The Bertz CT molecular complexity index is 1510. The summed E-state index contributed by atoms with van der Waals surface area (Å²) in [4.78, 5) is 45.3. The smallest absolute Gasteiger partial charge is 0.258 e. The van der Waals surface area contributed by atoms with Crippen molar-refractivity contribution in [3.05, 3.63) is 72.6 Å². The molecule has 0 radical (unpaired) electrons. The summed E-state index contributed by atoms with van der Waals surface area (Å²) in [5.74, 6) is 0.590. The van der Waals surface area contributed by atoms with E-state index in [2.05, 4.69) is 20.9 Å². The predicted octanol–water partition coefficient (Wildman–Crippen LogP) is 3.60. The molecule has 46 heavy (non-hydrogen) atoms. The predicted molar refractivity (Wildman–Crippen MR) is 186 cm³/mol. The van der Waals surface area contributed by atoms with Crippen LogP contribution in [-0.4, -0.2) is 85.7 Å². The van der Waals surface area contributed by atoms with E-state index in [9.17, 15) is 19.5 Å². The maximum Gasteiger partial charge on any atom is 0.258 e. The maximum atomic E-state index is 13.7. The molecule has 1 saturated heterocycles. The number of carbonyl (C=O) groups excluding carboxylic acids is 3. The number of aromatic nitrogens is 1. The first-order valence-electron chi connectivity index (χ1n) is 15.4. The van der Waals surface area contributed by atoms with Crippen LogP contribution in [0.25, 0.3) is 10.8 Å². The average Bonchev–Trinajstić information content (AvgIpc) is 3.48. The zero-order chi connectivity index (χ0) is 33.3. The number of amides is 3. The summed E-state index contributed by atoms with van der Waals surface area (Å²) in [5.41, 5.74) is 0.519. The minimum Gasteiger partial charge on any atom is -0.483 e. The van der Waals surface area contributed by atoms with Gasteiger partial charge in [-0.05, 0) is 51.3 Å². The van der Waals surface area contributed by atoms with E-state index in [1.165, 1.54) is 0 Å². The minimum atomic E-state index is -1.44. The third-order valence-corrected chi connectivity index (χ3v) is 9.00. The molecule has 2 heterocycles. The number of pyridine rings is 1. The van der Waals surface area contributed by atoms with E-state index in [4.69, 9.17) is 17.0 Å². The van der Waals surface area contributed by atoms with E-state index >= 15 is 0 Å². The quantitative estimate of drug-likeness (QED) is 0.202. The second kappa shape index (κ2) is 16.2. The SMILES string of the molecule is CC[C@@H](NC(=O)COc1cccc2cnccc12)C(=S)N[C@@H](Cc1ccccc1)[C@H](O)C(=O)N1CSC[C@H]1CC(=O)NC(C)(C)C. The van der Waals surface area contributed by atoms with E-state index in [0.29, 0.717) is 35.2 Å². The molecule has 0 aliphatic carbocycles. The Morgan fingerprint density at radius 3 is 2.57 bits per heavy atom. The van der Waals surface area contributed by atoms with Crippen LogP contribution in [0.2, 0.25) is 0 Å². The second-order valence-corrected chi connectivity index (χ2v) is 13.8. The number of benzene rings is 2. The normalized spacial score (nSPS) is 16.7. The van der Waals surface area contributed by atoms with Crippen LogP contribution in [-0.2, 0) is 20.8 Å². The fourth-order valence-corrected chi connectivity index (χ4v) is 6.85. The van der Waals surface area contributed by atoms with Crippen molar-refractivity contribution in [3.8, 4) is 5.75 Å². The number of nitrogens with one attached hydrogen (secondary N) is 3. The van der Waals surface area contributed by atoms with Crippen LogP contribution in [0.15, 0.2) is 67.0 Å². The molecule has 4 N–H and O–H groups in total. The molecule has 1 fully saturated rings. The van der Waals surface area contributed by atoms with Crippen LogP contribution in [0.5, 0.6) is 5.75 Å². The van der Waals surface area contributed by atoms with Gasteiger partial charge >= 0.3 is 0 Å². The molecular formula is C34H43N5O5S2. The molecule has 10 nitrogen and oxygen atoms in total. The van der Waals surface area contributed by atoms with Gasteiger partial charge in [-0.3, -0.25) is 19.4 Å². The first kappa shape index (κ1) is 35.1. The van der Waals surface area contributed by atoms with Crippen molar-refractivity contribution in [1.82, 2.24) is 25.8 Å². The van der Waals surface area contributed by atoms with Gasteiger partial charge in [0.1, 0.15) is 5.75 Å². The summed E-state index contributed by atoms with van der Waals surface area (Å²) in [6.07, 6.45) is 2.91. The third-order valence-electron chi connectivity index (χ3n) is 7.52. The van der Waals surface area contributed by atoms with Gasteiger partial charge in [-0.25, -0.2) is 0 Å². The van der Waals surface area contributed by atoms with Crippen molar-refractivity contribution in [2.45, 2.75) is 76.7 Å². The molecule has 0 bridgehead atoms. The van der Waals surface area contributed by atoms with Crippen molar-refractivity contribution in [1.29, 1.82) is 0 Å². The Kier molecular flexibility index (Phi) is 12.4. The Balaban J connectivity index is 1.42. The summed E-state index contributed by atoms with van der Waals surface area (Å²) < 4.78 is 5.83. The van der Waals surface area contributed by atoms with Crippen LogP contribution in [0.1, 0.15) is 46.1 Å². The lowest BCUT2D eigenvalue weighted by molar-refractivity contribution is -0.142. The number of nitrogens with zero attached hydrogens (tertiary/aromatic N) is 2. The van der Waals surface area contributed by atoms with Crippen LogP contribution >= 0.6 is 24.0 Å². The molecular weight excluding hydrogens is 623 g/mol. The Hall–Kier alpha value is -3.74. The zero-order valence-corrected chi connectivity index (χ0v) is 28.3. The molecule has 0 spiro atoms. The van der Waals surface area contributed by atoms with Gasteiger partial charge in [-0.2, -0.15) is 0 Å². The monoisotopic (exact) mass is 665 g/mol. The number of rotatable bonds is 13. The van der Waals surface area contributed by atoms with Crippen molar-refractivity contribution in [2.75, 3.05) is 18.2 Å². The highest BCUT2D eigenvalue weighted by Gasteiger charge is 2.38. The number of aliphatic hydroxyl groups excluding tert-OH is 1. The van der Waals surface area contributed by atoms with Gasteiger partial charge in [0.2, 0.25) is 5.91 Å². The largest absolute Gasteiger partial charge is 0.483 e. The highest BCUT2D eigenvalue weighted by atomic mass is 32.2. The van der Waals surface area contributed by atoms with Gasteiger partial charge < -0.3 is 30.7 Å². The summed E-state index contributed by atoms with van der Waals surface area (Å²) in [6, 6.07) is 15.2. The van der Waals surface area contributed by atoms with Crippen LogP contribution in [0, 0.1) is 0 Å². The molecule has 4 atom stereocenters. The number of carbonyl (C=O) groups is 3. The van der Waals surface area contributed by atoms with Crippen LogP contribution < -0.4 is 20.7 Å². The lowest BCUT2D eigenvalue weighted by Gasteiger charge is -2.32. The molecule has 0 saturated carbocycles. The van der Waals surface area contributed by atoms with E-state index in [1.54, 1.807) is 35.1 Å². The van der Waals surface area contributed by atoms with Crippen molar-refractivity contribution in [3.63, 3.8) is 0 Å². The number of aliphatic hydroxyl groups is 1. The average molecular weight is 666 g/mol. The molecule has 3 aromatic rings. The summed E-state index contributed by atoms with van der Waals surface area (Å²) in [7, 11) is 0. The first-order chi connectivity index (χ1) is 21.9.